The molecule has 1 aliphatic carbocycles. The van der Waals surface area contributed by atoms with Gasteiger partial charge in [0.25, 0.3) is 0 Å². The van der Waals surface area contributed by atoms with Gasteiger partial charge in [-0.15, -0.1) is 0 Å². The highest BCUT2D eigenvalue weighted by Crippen LogP contribution is 2.18. The molecule has 0 saturated heterocycles. The van der Waals surface area contributed by atoms with Crippen LogP contribution in [0.4, 0.5) is 0 Å². The molecule has 0 aromatic heterocycles. The molecule has 1 aliphatic rings. The molecule has 0 radical (unpaired) electrons. The van der Waals surface area contributed by atoms with Gasteiger partial charge in [-0.3, -0.25) is 4.79 Å². The zero-order valence-corrected chi connectivity index (χ0v) is 8.68. The summed E-state index contributed by atoms with van der Waals surface area (Å²) in [6.07, 6.45) is 3.85. The van der Waals surface area contributed by atoms with E-state index in [0.29, 0.717) is 6.42 Å². The molecule has 0 aromatic carbocycles. The molecule has 0 aromatic rings. The Balaban J connectivity index is 2.25. The number of hydrogen-bond donors (Lipinski definition) is 1. The molecule has 0 heterocycles. The third kappa shape index (κ3) is 4.06. The Bertz CT molecular complexity index is 220. The van der Waals surface area contributed by atoms with Gasteiger partial charge in [0.1, 0.15) is 0 Å². The molecule has 0 aliphatic heterocycles. The van der Waals surface area contributed by atoms with E-state index in [1.165, 1.54) is 6.42 Å². The lowest BCUT2D eigenvalue weighted by molar-refractivity contribution is -0.122. The van der Waals surface area contributed by atoms with Gasteiger partial charge >= 0.3 is 0 Å². The summed E-state index contributed by atoms with van der Waals surface area (Å²) in [5.41, 5.74) is 3.76. The number of nitrogens with one attached hydrogen (secondary N) is 1. The standard InChI is InChI=1S/C10H18N2O/c1-10(2,3)7-9(13)12-11-8-5-4-6-8/h4-7H2,1-3H3,(H,12,13). The largest absolute Gasteiger partial charge is 0.273 e. The molecular formula is C10H18N2O. The predicted molar refractivity (Wildman–Crippen MR) is 53.5 cm³/mol. The number of amides is 1. The lowest BCUT2D eigenvalue weighted by Crippen LogP contribution is -2.26. The zero-order chi connectivity index (χ0) is 9.90. The summed E-state index contributed by atoms with van der Waals surface area (Å²) < 4.78 is 0. The van der Waals surface area contributed by atoms with Crippen molar-refractivity contribution in [2.24, 2.45) is 10.5 Å². The summed E-state index contributed by atoms with van der Waals surface area (Å²) in [4.78, 5) is 11.3. The van der Waals surface area contributed by atoms with Crippen molar-refractivity contribution in [2.75, 3.05) is 0 Å². The van der Waals surface area contributed by atoms with Crippen LogP contribution in [0.15, 0.2) is 5.10 Å². The molecule has 0 atom stereocenters. The Labute approximate surface area is 79.6 Å². The van der Waals surface area contributed by atoms with Gasteiger partial charge in [0, 0.05) is 12.1 Å². The average Bonchev–Trinajstić information content (AvgIpc) is 1.78. The monoisotopic (exact) mass is 182 g/mol. The number of carbonyl (C=O) groups is 1. The van der Waals surface area contributed by atoms with E-state index in [2.05, 4.69) is 10.5 Å². The summed E-state index contributed by atoms with van der Waals surface area (Å²) in [7, 11) is 0. The third-order valence-electron chi connectivity index (χ3n) is 1.96. The van der Waals surface area contributed by atoms with E-state index in [4.69, 9.17) is 0 Å². The van der Waals surface area contributed by atoms with Crippen LogP contribution in [-0.4, -0.2) is 11.6 Å². The third-order valence-corrected chi connectivity index (χ3v) is 1.96. The maximum atomic E-state index is 11.3. The topological polar surface area (TPSA) is 41.5 Å². The van der Waals surface area contributed by atoms with Gasteiger partial charge in [0.05, 0.1) is 0 Å². The molecule has 1 amide bonds. The lowest BCUT2D eigenvalue weighted by atomic mass is 9.92. The van der Waals surface area contributed by atoms with Gasteiger partial charge in [-0.05, 0) is 24.7 Å². The van der Waals surface area contributed by atoms with E-state index in [-0.39, 0.29) is 11.3 Å². The van der Waals surface area contributed by atoms with E-state index in [1.807, 2.05) is 20.8 Å². The summed E-state index contributed by atoms with van der Waals surface area (Å²) in [5.74, 6) is 0.0203. The van der Waals surface area contributed by atoms with Crippen LogP contribution in [0, 0.1) is 5.41 Å². The van der Waals surface area contributed by atoms with Crippen molar-refractivity contribution in [1.82, 2.24) is 5.43 Å². The van der Waals surface area contributed by atoms with Crippen molar-refractivity contribution in [3.05, 3.63) is 0 Å². The van der Waals surface area contributed by atoms with E-state index in [0.717, 1.165) is 18.6 Å². The fourth-order valence-electron chi connectivity index (χ4n) is 1.11. The normalized spacial score (nSPS) is 16.4. The maximum absolute atomic E-state index is 11.3. The second-order valence-electron chi connectivity index (χ2n) is 4.80. The molecule has 1 rings (SSSR count). The Morgan fingerprint density at radius 3 is 2.46 bits per heavy atom. The Hall–Kier alpha value is -0.860. The van der Waals surface area contributed by atoms with Crippen LogP contribution in [0.1, 0.15) is 46.5 Å². The average molecular weight is 182 g/mol. The molecular weight excluding hydrogens is 164 g/mol. The van der Waals surface area contributed by atoms with Crippen molar-refractivity contribution in [3.8, 4) is 0 Å². The van der Waals surface area contributed by atoms with Gasteiger partial charge in [0.15, 0.2) is 0 Å². The molecule has 74 valence electrons. The number of hydrazone groups is 1. The maximum Gasteiger partial charge on any atom is 0.240 e. The van der Waals surface area contributed by atoms with Crippen LogP contribution in [0.5, 0.6) is 0 Å². The second kappa shape index (κ2) is 3.90. The van der Waals surface area contributed by atoms with Gasteiger partial charge in [0.2, 0.25) is 5.91 Å². The quantitative estimate of drug-likeness (QED) is 0.653. The number of carbonyl (C=O) groups excluding carboxylic acids is 1. The molecule has 0 spiro atoms. The van der Waals surface area contributed by atoms with Crippen molar-refractivity contribution >= 4 is 11.6 Å². The van der Waals surface area contributed by atoms with Crippen LogP contribution in [0.25, 0.3) is 0 Å². The number of rotatable bonds is 2. The molecule has 1 N–H and O–H groups in total. The van der Waals surface area contributed by atoms with Crippen LogP contribution in [-0.2, 0) is 4.79 Å². The van der Waals surface area contributed by atoms with E-state index in [1.54, 1.807) is 0 Å². The van der Waals surface area contributed by atoms with E-state index in [9.17, 15) is 4.79 Å². The van der Waals surface area contributed by atoms with Crippen LogP contribution >= 0.6 is 0 Å². The summed E-state index contributed by atoms with van der Waals surface area (Å²) >= 11 is 0. The number of hydrogen-bond acceptors (Lipinski definition) is 2. The SMILES string of the molecule is CC(C)(C)CC(=O)NN=C1CCC1. The second-order valence-corrected chi connectivity index (χ2v) is 4.80. The molecule has 0 bridgehead atoms. The highest BCUT2D eigenvalue weighted by molar-refractivity contribution is 5.90. The Morgan fingerprint density at radius 1 is 1.46 bits per heavy atom. The summed E-state index contributed by atoms with van der Waals surface area (Å²) in [5, 5.41) is 4.03. The fraction of sp³-hybridized carbons (Fsp3) is 0.800. The molecule has 13 heavy (non-hydrogen) atoms. The first kappa shape index (κ1) is 10.2. The molecule has 3 heteroatoms. The smallest absolute Gasteiger partial charge is 0.240 e. The summed E-state index contributed by atoms with van der Waals surface area (Å²) in [6.45, 7) is 6.13. The molecule has 0 unspecified atom stereocenters. The molecule has 1 saturated carbocycles. The van der Waals surface area contributed by atoms with Crippen molar-refractivity contribution in [1.29, 1.82) is 0 Å². The van der Waals surface area contributed by atoms with Gasteiger partial charge in [-0.2, -0.15) is 5.10 Å². The highest BCUT2D eigenvalue weighted by Gasteiger charge is 2.16. The van der Waals surface area contributed by atoms with Crippen LogP contribution in [0.3, 0.4) is 0 Å². The predicted octanol–water partition coefficient (Wildman–Crippen LogP) is 2.08. The minimum absolute atomic E-state index is 0.0203. The molecule has 1 fully saturated rings. The first-order chi connectivity index (χ1) is 5.97. The summed E-state index contributed by atoms with van der Waals surface area (Å²) in [6, 6.07) is 0. The highest BCUT2D eigenvalue weighted by atomic mass is 16.2. The van der Waals surface area contributed by atoms with Gasteiger partial charge in [-0.25, -0.2) is 5.43 Å². The minimum atomic E-state index is 0.0203. The minimum Gasteiger partial charge on any atom is -0.273 e. The fourth-order valence-corrected chi connectivity index (χ4v) is 1.11. The van der Waals surface area contributed by atoms with E-state index < -0.39 is 0 Å². The first-order valence-electron chi connectivity index (χ1n) is 4.82. The number of nitrogens with zero attached hydrogens (tertiary/aromatic N) is 1. The van der Waals surface area contributed by atoms with Crippen molar-refractivity contribution in [3.63, 3.8) is 0 Å². The Morgan fingerprint density at radius 2 is 2.08 bits per heavy atom. The van der Waals surface area contributed by atoms with E-state index >= 15 is 0 Å². The van der Waals surface area contributed by atoms with Gasteiger partial charge in [-0.1, -0.05) is 20.8 Å². The van der Waals surface area contributed by atoms with Gasteiger partial charge < -0.3 is 0 Å². The van der Waals surface area contributed by atoms with Crippen molar-refractivity contribution in [2.45, 2.75) is 46.5 Å². The lowest BCUT2D eigenvalue weighted by Gasteiger charge is -2.17. The van der Waals surface area contributed by atoms with Crippen LogP contribution < -0.4 is 5.43 Å². The zero-order valence-electron chi connectivity index (χ0n) is 8.68. The molecule has 3 nitrogen and oxygen atoms in total. The van der Waals surface area contributed by atoms with Crippen molar-refractivity contribution < 1.29 is 4.79 Å². The first-order valence-corrected chi connectivity index (χ1v) is 4.82. The van der Waals surface area contributed by atoms with Crippen LogP contribution in [0.2, 0.25) is 0 Å². The Kier molecular flexibility index (Phi) is 3.07.